The van der Waals surface area contributed by atoms with E-state index in [2.05, 4.69) is 0 Å². The Morgan fingerprint density at radius 3 is 2.50 bits per heavy atom. The van der Waals surface area contributed by atoms with Crippen molar-refractivity contribution in [3.63, 3.8) is 0 Å². The third-order valence-electron chi connectivity index (χ3n) is 2.09. The van der Waals surface area contributed by atoms with E-state index in [1.807, 2.05) is 0 Å². The van der Waals surface area contributed by atoms with Crippen LogP contribution in [-0.2, 0) is 9.84 Å². The number of sulfone groups is 1. The molecule has 0 heterocycles. The zero-order valence-corrected chi connectivity index (χ0v) is 10.4. The molecular weight excluding hydrogens is 286 g/mol. The fourth-order valence-electron chi connectivity index (χ4n) is 1.35. The molecule has 0 aliphatic heterocycles. The van der Waals surface area contributed by atoms with Gasteiger partial charge in [-0.25, -0.2) is 13.2 Å². The third-order valence-corrected chi connectivity index (χ3v) is 4.25. The van der Waals surface area contributed by atoms with Crippen LogP contribution < -0.4 is 0 Å². The predicted molar refractivity (Wildman–Crippen MR) is 62.8 cm³/mol. The number of carboxylic acid groups (broad SMARTS) is 1. The van der Waals surface area contributed by atoms with E-state index < -0.39 is 42.6 Å². The molecule has 9 heteroatoms. The Morgan fingerprint density at radius 2 is 2.06 bits per heavy atom. The van der Waals surface area contributed by atoms with Gasteiger partial charge in [-0.1, -0.05) is 6.07 Å². The standard InChI is InChI=1S/C9H8ClNO6S/c10-4-5-18(16,17)7-3-1-2-6(9(12)13)8(7)11(14)15/h1-3H,4-5H2,(H,12,13). The predicted octanol–water partition coefficient (Wildman–Crippen LogP) is 1.31. The maximum Gasteiger partial charge on any atom is 0.342 e. The van der Waals surface area contributed by atoms with Crippen molar-refractivity contribution in [2.24, 2.45) is 0 Å². The van der Waals surface area contributed by atoms with Crippen LogP contribution in [0.1, 0.15) is 10.4 Å². The van der Waals surface area contributed by atoms with Crippen molar-refractivity contribution in [1.29, 1.82) is 0 Å². The highest BCUT2D eigenvalue weighted by Gasteiger charge is 2.30. The highest BCUT2D eigenvalue weighted by molar-refractivity contribution is 7.91. The molecule has 0 unspecified atom stereocenters. The Hall–Kier alpha value is -1.67. The smallest absolute Gasteiger partial charge is 0.342 e. The molecule has 0 bridgehead atoms. The molecule has 0 amide bonds. The number of hydrogen-bond donors (Lipinski definition) is 1. The molecule has 98 valence electrons. The van der Waals surface area contributed by atoms with Gasteiger partial charge in [0.15, 0.2) is 9.84 Å². The van der Waals surface area contributed by atoms with E-state index in [1.54, 1.807) is 0 Å². The van der Waals surface area contributed by atoms with Crippen LogP contribution in [0.15, 0.2) is 23.1 Å². The molecule has 1 N–H and O–H groups in total. The van der Waals surface area contributed by atoms with Gasteiger partial charge in [0.1, 0.15) is 10.5 Å². The van der Waals surface area contributed by atoms with E-state index in [9.17, 15) is 23.3 Å². The summed E-state index contributed by atoms with van der Waals surface area (Å²) in [7, 11) is -3.98. The van der Waals surface area contributed by atoms with Crippen LogP contribution in [0.25, 0.3) is 0 Å². The van der Waals surface area contributed by atoms with E-state index in [4.69, 9.17) is 16.7 Å². The van der Waals surface area contributed by atoms with Gasteiger partial charge < -0.3 is 5.11 Å². The fraction of sp³-hybridized carbons (Fsp3) is 0.222. The minimum atomic E-state index is -3.98. The second kappa shape index (κ2) is 5.32. The number of carbonyl (C=O) groups is 1. The molecule has 1 rings (SSSR count). The fourth-order valence-corrected chi connectivity index (χ4v) is 3.14. The summed E-state index contributed by atoms with van der Waals surface area (Å²) in [4.78, 5) is 20.0. The molecule has 0 aliphatic carbocycles. The minimum absolute atomic E-state index is 0.239. The van der Waals surface area contributed by atoms with Gasteiger partial charge in [0.25, 0.3) is 0 Å². The normalized spacial score (nSPS) is 11.2. The van der Waals surface area contributed by atoms with Gasteiger partial charge in [0, 0.05) is 5.88 Å². The van der Waals surface area contributed by atoms with E-state index in [0.717, 1.165) is 18.2 Å². The molecule has 0 spiro atoms. The van der Waals surface area contributed by atoms with Gasteiger partial charge in [-0.05, 0) is 12.1 Å². The average Bonchev–Trinajstić information content (AvgIpc) is 2.27. The highest BCUT2D eigenvalue weighted by Crippen LogP contribution is 2.28. The molecule has 0 atom stereocenters. The lowest BCUT2D eigenvalue weighted by Gasteiger charge is -2.05. The summed E-state index contributed by atoms with van der Waals surface area (Å²) < 4.78 is 23.5. The summed E-state index contributed by atoms with van der Waals surface area (Å²) in [6.45, 7) is 0. The number of benzene rings is 1. The molecular formula is C9H8ClNO6S. The molecule has 0 saturated carbocycles. The lowest BCUT2D eigenvalue weighted by Crippen LogP contribution is -2.13. The van der Waals surface area contributed by atoms with Gasteiger partial charge in [-0.15, -0.1) is 11.6 Å². The second-order valence-corrected chi connectivity index (χ2v) is 5.68. The summed E-state index contributed by atoms with van der Waals surface area (Å²) >= 11 is 5.30. The number of nitro groups is 1. The number of aromatic carboxylic acids is 1. The highest BCUT2D eigenvalue weighted by atomic mass is 35.5. The van der Waals surface area contributed by atoms with Crippen LogP contribution >= 0.6 is 11.6 Å². The van der Waals surface area contributed by atoms with E-state index in [1.165, 1.54) is 0 Å². The quantitative estimate of drug-likeness (QED) is 0.497. The van der Waals surface area contributed by atoms with Crippen molar-refractivity contribution in [3.05, 3.63) is 33.9 Å². The SMILES string of the molecule is O=C(O)c1cccc(S(=O)(=O)CCCl)c1[N+](=O)[O-]. The van der Waals surface area contributed by atoms with Crippen LogP contribution in [-0.4, -0.2) is 36.0 Å². The molecule has 0 aliphatic rings. The van der Waals surface area contributed by atoms with Crippen molar-refractivity contribution < 1.29 is 23.2 Å². The molecule has 0 aromatic heterocycles. The Labute approximate surface area is 107 Å². The third kappa shape index (κ3) is 2.77. The van der Waals surface area contributed by atoms with Crippen molar-refractivity contribution in [1.82, 2.24) is 0 Å². The van der Waals surface area contributed by atoms with Crippen LogP contribution in [0.5, 0.6) is 0 Å². The molecule has 0 saturated heterocycles. The first-order valence-electron chi connectivity index (χ1n) is 4.60. The van der Waals surface area contributed by atoms with E-state index >= 15 is 0 Å². The maximum atomic E-state index is 11.8. The number of nitrogens with zero attached hydrogens (tertiary/aromatic N) is 1. The van der Waals surface area contributed by atoms with Gasteiger partial charge in [-0.3, -0.25) is 10.1 Å². The number of alkyl halides is 1. The largest absolute Gasteiger partial charge is 0.477 e. The number of carboxylic acids is 1. The zero-order valence-electron chi connectivity index (χ0n) is 8.87. The van der Waals surface area contributed by atoms with Crippen molar-refractivity contribution >= 4 is 33.1 Å². The number of para-hydroxylation sites is 1. The summed E-state index contributed by atoms with van der Waals surface area (Å²) in [5, 5.41) is 19.7. The lowest BCUT2D eigenvalue weighted by atomic mass is 10.2. The van der Waals surface area contributed by atoms with Crippen molar-refractivity contribution in [3.8, 4) is 0 Å². The van der Waals surface area contributed by atoms with Crippen LogP contribution in [0.4, 0.5) is 5.69 Å². The first-order chi connectivity index (χ1) is 8.31. The Bertz CT molecular complexity index is 597. The molecule has 1 aromatic rings. The van der Waals surface area contributed by atoms with Gasteiger partial charge >= 0.3 is 11.7 Å². The topological polar surface area (TPSA) is 115 Å². The van der Waals surface area contributed by atoms with Gasteiger partial charge in [0.2, 0.25) is 0 Å². The van der Waals surface area contributed by atoms with E-state index in [-0.39, 0.29) is 5.88 Å². The maximum absolute atomic E-state index is 11.8. The molecule has 18 heavy (non-hydrogen) atoms. The number of hydrogen-bond acceptors (Lipinski definition) is 5. The number of rotatable bonds is 5. The van der Waals surface area contributed by atoms with Crippen molar-refractivity contribution in [2.75, 3.05) is 11.6 Å². The Morgan fingerprint density at radius 1 is 1.44 bits per heavy atom. The van der Waals surface area contributed by atoms with E-state index in [0.29, 0.717) is 0 Å². The molecule has 0 radical (unpaired) electrons. The Kier molecular flexibility index (Phi) is 4.25. The number of halogens is 1. The van der Waals surface area contributed by atoms with Gasteiger partial charge in [0.05, 0.1) is 10.7 Å². The van der Waals surface area contributed by atoms with Crippen molar-refractivity contribution in [2.45, 2.75) is 4.90 Å². The summed E-state index contributed by atoms with van der Waals surface area (Å²) in [6.07, 6.45) is 0. The zero-order chi connectivity index (χ0) is 13.9. The number of nitro benzene ring substituents is 1. The van der Waals surface area contributed by atoms with Crippen LogP contribution in [0.3, 0.4) is 0 Å². The minimum Gasteiger partial charge on any atom is -0.477 e. The average molecular weight is 294 g/mol. The summed E-state index contributed by atoms with van der Waals surface area (Å²) in [6, 6.07) is 3.10. The molecule has 0 fully saturated rings. The summed E-state index contributed by atoms with van der Waals surface area (Å²) in [5.74, 6) is -2.31. The first kappa shape index (κ1) is 14.4. The lowest BCUT2D eigenvalue weighted by molar-refractivity contribution is -0.388. The Balaban J connectivity index is 3.60. The summed E-state index contributed by atoms with van der Waals surface area (Å²) in [5.41, 5.74) is -1.61. The molecule has 7 nitrogen and oxygen atoms in total. The monoisotopic (exact) mass is 293 g/mol. The second-order valence-electron chi connectivity index (χ2n) is 3.22. The van der Waals surface area contributed by atoms with Crippen LogP contribution in [0.2, 0.25) is 0 Å². The van der Waals surface area contributed by atoms with Crippen LogP contribution in [0, 0.1) is 10.1 Å². The molecule has 1 aromatic carbocycles. The van der Waals surface area contributed by atoms with Gasteiger partial charge in [-0.2, -0.15) is 0 Å². The first-order valence-corrected chi connectivity index (χ1v) is 6.79.